The summed E-state index contributed by atoms with van der Waals surface area (Å²) in [6, 6.07) is 1.58. The van der Waals surface area contributed by atoms with Crippen LogP contribution in [0.4, 0.5) is 0 Å². The summed E-state index contributed by atoms with van der Waals surface area (Å²) in [7, 11) is 3.90. The van der Waals surface area contributed by atoms with Gasteiger partial charge in [-0.1, -0.05) is 20.8 Å². The van der Waals surface area contributed by atoms with Crippen LogP contribution in [0.1, 0.15) is 65.7 Å². The quantitative estimate of drug-likeness (QED) is 0.481. The van der Waals surface area contributed by atoms with Crippen LogP contribution >= 0.6 is 0 Å². The van der Waals surface area contributed by atoms with Gasteiger partial charge in [0, 0.05) is 38.1 Å². The van der Waals surface area contributed by atoms with E-state index in [1.807, 2.05) is 0 Å². The highest BCUT2D eigenvalue weighted by molar-refractivity contribution is 5.78. The molecule has 4 atom stereocenters. The van der Waals surface area contributed by atoms with Crippen LogP contribution in [0.15, 0.2) is 0 Å². The van der Waals surface area contributed by atoms with Crippen LogP contribution < -0.4 is 26.7 Å². The lowest BCUT2D eigenvalue weighted by Crippen LogP contribution is -2.58. The number of hydrogen-bond donors (Lipinski definition) is 5. The highest BCUT2D eigenvalue weighted by atomic mass is 16.1. The van der Waals surface area contributed by atoms with Crippen molar-refractivity contribution in [2.45, 2.75) is 96.2 Å². The first-order valence-electron chi connectivity index (χ1n) is 11.2. The minimum Gasteiger partial charge on any atom is -0.359 e. The van der Waals surface area contributed by atoms with Crippen molar-refractivity contribution in [1.29, 1.82) is 0 Å². The normalized spacial score (nSPS) is 37.8. The maximum absolute atomic E-state index is 11.8. The zero-order valence-electron chi connectivity index (χ0n) is 18.5. The second kappa shape index (κ2) is 9.39. The first-order chi connectivity index (χ1) is 13.3. The van der Waals surface area contributed by atoms with Crippen LogP contribution in [-0.2, 0) is 4.79 Å². The van der Waals surface area contributed by atoms with Crippen LogP contribution in [0.25, 0.3) is 0 Å². The van der Waals surface area contributed by atoms with E-state index in [9.17, 15) is 4.79 Å². The van der Waals surface area contributed by atoms with Crippen LogP contribution in [-0.4, -0.2) is 62.0 Å². The molecule has 5 N–H and O–H groups in total. The summed E-state index contributed by atoms with van der Waals surface area (Å²) in [5, 5.41) is 16.4. The van der Waals surface area contributed by atoms with Gasteiger partial charge in [-0.25, -0.2) is 5.01 Å². The summed E-state index contributed by atoms with van der Waals surface area (Å²) in [5.74, 6) is 0.416. The maximum atomic E-state index is 11.8. The number of nitrogens with zero attached hydrogens (tertiary/aromatic N) is 1. The van der Waals surface area contributed by atoms with Crippen molar-refractivity contribution in [3.63, 3.8) is 0 Å². The molecule has 0 spiro atoms. The monoisotopic (exact) mass is 394 g/mol. The minimum absolute atomic E-state index is 0.206. The summed E-state index contributed by atoms with van der Waals surface area (Å²) in [6.45, 7) is 7.98. The van der Waals surface area contributed by atoms with Crippen LogP contribution in [0.2, 0.25) is 0 Å². The third kappa shape index (κ3) is 5.66. The van der Waals surface area contributed by atoms with Crippen molar-refractivity contribution in [1.82, 2.24) is 31.7 Å². The molecule has 3 fully saturated rings. The number of nitrogens with one attached hydrogen (secondary N) is 5. The van der Waals surface area contributed by atoms with Gasteiger partial charge in [0.2, 0.25) is 5.91 Å². The lowest BCUT2D eigenvalue weighted by Gasteiger charge is -2.37. The Morgan fingerprint density at radius 3 is 2.32 bits per heavy atom. The summed E-state index contributed by atoms with van der Waals surface area (Å²) < 4.78 is 0. The average Bonchev–Trinajstić information content (AvgIpc) is 3.03. The highest BCUT2D eigenvalue weighted by Gasteiger charge is 2.37. The standard InChI is InChI=1S/C21H42N6O/c1-21(2,3)17-13-19(27(5)26-17)25-16-10-11-23-18(12-16)24-15-8-6-14(7-9-15)20(28)22-4/h14-19,23-26H,6-13H2,1-5H3,(H,22,28). The molecule has 2 saturated heterocycles. The van der Waals surface area contributed by atoms with E-state index in [-0.39, 0.29) is 17.2 Å². The molecule has 0 aromatic carbocycles. The average molecular weight is 395 g/mol. The first-order valence-corrected chi connectivity index (χ1v) is 11.2. The Hall–Kier alpha value is -0.730. The Morgan fingerprint density at radius 2 is 1.71 bits per heavy atom. The van der Waals surface area contributed by atoms with Crippen molar-refractivity contribution >= 4 is 5.91 Å². The fourth-order valence-electron chi connectivity index (χ4n) is 4.98. The van der Waals surface area contributed by atoms with E-state index in [4.69, 9.17) is 0 Å². The van der Waals surface area contributed by atoms with E-state index < -0.39 is 0 Å². The van der Waals surface area contributed by atoms with Crippen LogP contribution in [0, 0.1) is 11.3 Å². The van der Waals surface area contributed by atoms with Crippen molar-refractivity contribution in [2.24, 2.45) is 11.3 Å². The van der Waals surface area contributed by atoms with Gasteiger partial charge in [-0.3, -0.25) is 20.9 Å². The van der Waals surface area contributed by atoms with Gasteiger partial charge in [0.1, 0.15) is 0 Å². The Bertz CT molecular complexity index is 514. The first kappa shape index (κ1) is 22.0. The molecule has 2 aliphatic heterocycles. The molecule has 28 heavy (non-hydrogen) atoms. The SMILES string of the molecule is CNC(=O)C1CCC(NC2CC(NC3CC(C(C)(C)C)NN3C)CCN2)CC1. The summed E-state index contributed by atoms with van der Waals surface area (Å²) in [4.78, 5) is 11.8. The lowest BCUT2D eigenvalue weighted by molar-refractivity contribution is -0.125. The predicted octanol–water partition coefficient (Wildman–Crippen LogP) is 1.13. The van der Waals surface area contributed by atoms with Crippen LogP contribution in [0.3, 0.4) is 0 Å². The molecule has 7 heteroatoms. The number of piperidine rings is 1. The summed E-state index contributed by atoms with van der Waals surface area (Å²) >= 11 is 0. The van der Waals surface area contributed by atoms with Crippen molar-refractivity contribution in [3.8, 4) is 0 Å². The Labute approximate surface area is 171 Å². The summed E-state index contributed by atoms with van der Waals surface area (Å²) in [5.41, 5.74) is 3.91. The number of carbonyl (C=O) groups is 1. The molecule has 7 nitrogen and oxygen atoms in total. The zero-order valence-corrected chi connectivity index (χ0v) is 18.5. The molecule has 1 amide bonds. The predicted molar refractivity (Wildman–Crippen MR) is 113 cm³/mol. The Balaban J connectivity index is 1.43. The largest absolute Gasteiger partial charge is 0.359 e. The Morgan fingerprint density at radius 1 is 1.00 bits per heavy atom. The molecule has 3 rings (SSSR count). The van der Waals surface area contributed by atoms with E-state index in [1.165, 1.54) is 6.42 Å². The van der Waals surface area contributed by atoms with E-state index in [2.05, 4.69) is 59.5 Å². The minimum atomic E-state index is 0.206. The zero-order chi connectivity index (χ0) is 20.3. The molecule has 0 radical (unpaired) electrons. The number of amides is 1. The second-order valence-corrected chi connectivity index (χ2v) is 10.1. The molecular weight excluding hydrogens is 352 g/mol. The number of carbonyl (C=O) groups excluding carboxylic acids is 1. The molecule has 162 valence electrons. The number of hydrogen-bond acceptors (Lipinski definition) is 6. The molecule has 0 bridgehead atoms. The van der Waals surface area contributed by atoms with Crippen molar-refractivity contribution in [2.75, 3.05) is 20.6 Å². The van der Waals surface area contributed by atoms with Gasteiger partial charge in [-0.05, 0) is 56.9 Å². The molecule has 0 aromatic rings. The molecule has 0 aromatic heterocycles. The molecular formula is C21H42N6O. The molecule has 1 aliphatic carbocycles. The van der Waals surface area contributed by atoms with E-state index in [0.29, 0.717) is 30.5 Å². The highest BCUT2D eigenvalue weighted by Crippen LogP contribution is 2.28. The van der Waals surface area contributed by atoms with Gasteiger partial charge in [0.15, 0.2) is 0 Å². The molecule has 1 saturated carbocycles. The Kier molecular flexibility index (Phi) is 7.37. The molecule has 4 unspecified atom stereocenters. The maximum Gasteiger partial charge on any atom is 0.222 e. The molecule has 3 aliphatic rings. The van der Waals surface area contributed by atoms with E-state index in [1.54, 1.807) is 7.05 Å². The number of rotatable bonds is 5. The fourth-order valence-corrected chi connectivity index (χ4v) is 4.98. The second-order valence-electron chi connectivity index (χ2n) is 10.1. The van der Waals surface area contributed by atoms with Gasteiger partial charge in [-0.15, -0.1) is 0 Å². The smallest absolute Gasteiger partial charge is 0.222 e. The van der Waals surface area contributed by atoms with Gasteiger partial charge in [0.05, 0.1) is 12.3 Å². The third-order valence-corrected chi connectivity index (χ3v) is 6.94. The lowest BCUT2D eigenvalue weighted by atomic mass is 9.85. The summed E-state index contributed by atoms with van der Waals surface area (Å²) in [6.07, 6.45) is 8.38. The molecule has 2 heterocycles. The van der Waals surface area contributed by atoms with Gasteiger partial charge < -0.3 is 10.6 Å². The van der Waals surface area contributed by atoms with E-state index >= 15 is 0 Å². The van der Waals surface area contributed by atoms with E-state index in [0.717, 1.165) is 45.1 Å². The van der Waals surface area contributed by atoms with Crippen molar-refractivity contribution in [3.05, 3.63) is 0 Å². The van der Waals surface area contributed by atoms with Crippen molar-refractivity contribution < 1.29 is 4.79 Å². The van der Waals surface area contributed by atoms with Gasteiger partial charge in [0.25, 0.3) is 0 Å². The number of hydrazine groups is 1. The van der Waals surface area contributed by atoms with Gasteiger partial charge in [-0.2, -0.15) is 0 Å². The van der Waals surface area contributed by atoms with Crippen LogP contribution in [0.5, 0.6) is 0 Å². The third-order valence-electron chi connectivity index (χ3n) is 6.94. The topological polar surface area (TPSA) is 80.5 Å². The fraction of sp³-hybridized carbons (Fsp3) is 0.952. The van der Waals surface area contributed by atoms with Gasteiger partial charge >= 0.3 is 0 Å².